The lowest BCUT2D eigenvalue weighted by Crippen LogP contribution is -2.40. The Kier molecular flexibility index (Phi) is 5.35. The van der Waals surface area contributed by atoms with Gasteiger partial charge in [-0.15, -0.1) is 0 Å². The molecule has 110 valence electrons. The average molecular weight is 279 g/mol. The molecule has 0 bridgehead atoms. The van der Waals surface area contributed by atoms with Gasteiger partial charge in [0.15, 0.2) is 5.96 Å². The van der Waals surface area contributed by atoms with Crippen molar-refractivity contribution >= 4 is 5.96 Å². The van der Waals surface area contributed by atoms with Gasteiger partial charge in [-0.2, -0.15) is 0 Å². The van der Waals surface area contributed by atoms with Crippen LogP contribution in [0.4, 0.5) is 4.39 Å². The van der Waals surface area contributed by atoms with Crippen LogP contribution in [-0.2, 0) is 11.3 Å². The van der Waals surface area contributed by atoms with Crippen molar-refractivity contribution in [1.82, 2.24) is 10.2 Å². The monoisotopic (exact) mass is 279 g/mol. The van der Waals surface area contributed by atoms with Gasteiger partial charge in [0, 0.05) is 39.7 Å². The van der Waals surface area contributed by atoms with Crippen LogP contribution < -0.4 is 5.32 Å². The number of guanidine groups is 1. The second kappa shape index (κ2) is 7.24. The van der Waals surface area contributed by atoms with E-state index in [0.29, 0.717) is 12.5 Å². The molecule has 1 heterocycles. The minimum atomic E-state index is -0.207. The van der Waals surface area contributed by atoms with Crippen LogP contribution in [0.2, 0.25) is 0 Å². The molecule has 0 amide bonds. The van der Waals surface area contributed by atoms with Crippen molar-refractivity contribution < 1.29 is 9.13 Å². The maximum atomic E-state index is 13.2. The van der Waals surface area contributed by atoms with Gasteiger partial charge in [0.05, 0.1) is 6.61 Å². The quantitative estimate of drug-likeness (QED) is 0.675. The maximum Gasteiger partial charge on any atom is 0.193 e. The summed E-state index contributed by atoms with van der Waals surface area (Å²) in [5.41, 5.74) is 0.930. The minimum absolute atomic E-state index is 0.207. The highest BCUT2D eigenvalue weighted by Crippen LogP contribution is 2.11. The number of aliphatic imine (C=N–C) groups is 1. The summed E-state index contributed by atoms with van der Waals surface area (Å²) in [6, 6.07) is 6.65. The van der Waals surface area contributed by atoms with Crippen LogP contribution in [0.15, 0.2) is 29.3 Å². The Morgan fingerprint density at radius 1 is 1.55 bits per heavy atom. The van der Waals surface area contributed by atoms with Crippen LogP contribution in [0, 0.1) is 11.7 Å². The highest BCUT2D eigenvalue weighted by molar-refractivity contribution is 5.79. The van der Waals surface area contributed by atoms with Crippen molar-refractivity contribution in [2.24, 2.45) is 10.9 Å². The highest BCUT2D eigenvalue weighted by atomic mass is 19.1. The number of benzene rings is 1. The van der Waals surface area contributed by atoms with E-state index in [2.05, 4.69) is 10.3 Å². The molecule has 5 heteroatoms. The Bertz CT molecular complexity index is 458. The Balaban J connectivity index is 1.86. The Morgan fingerprint density at radius 3 is 3.05 bits per heavy atom. The Morgan fingerprint density at radius 2 is 2.40 bits per heavy atom. The molecule has 1 aromatic carbocycles. The summed E-state index contributed by atoms with van der Waals surface area (Å²) in [5.74, 6) is 1.16. The van der Waals surface area contributed by atoms with Crippen molar-refractivity contribution in [1.29, 1.82) is 0 Å². The molecule has 1 atom stereocenters. The first-order valence-corrected chi connectivity index (χ1v) is 6.93. The fourth-order valence-corrected chi connectivity index (χ4v) is 2.35. The molecule has 1 aliphatic rings. The third-order valence-electron chi connectivity index (χ3n) is 3.45. The second-order valence-corrected chi connectivity index (χ2v) is 5.14. The van der Waals surface area contributed by atoms with E-state index in [9.17, 15) is 4.39 Å². The molecule has 20 heavy (non-hydrogen) atoms. The molecule has 1 aromatic rings. The van der Waals surface area contributed by atoms with Gasteiger partial charge in [-0.25, -0.2) is 4.39 Å². The number of rotatable bonds is 4. The van der Waals surface area contributed by atoms with E-state index >= 15 is 0 Å². The van der Waals surface area contributed by atoms with E-state index in [1.807, 2.05) is 18.0 Å². The van der Waals surface area contributed by atoms with Gasteiger partial charge in [-0.3, -0.25) is 4.99 Å². The van der Waals surface area contributed by atoms with E-state index in [-0.39, 0.29) is 5.82 Å². The third-order valence-corrected chi connectivity index (χ3v) is 3.45. The van der Waals surface area contributed by atoms with Crippen molar-refractivity contribution in [3.63, 3.8) is 0 Å². The first-order chi connectivity index (χ1) is 9.69. The molecular formula is C15H22FN3O. The fourth-order valence-electron chi connectivity index (χ4n) is 2.35. The van der Waals surface area contributed by atoms with E-state index < -0.39 is 0 Å². The van der Waals surface area contributed by atoms with E-state index in [4.69, 9.17) is 4.74 Å². The van der Waals surface area contributed by atoms with Crippen LogP contribution in [0.1, 0.15) is 12.0 Å². The summed E-state index contributed by atoms with van der Waals surface area (Å²) in [6.07, 6.45) is 1.09. The van der Waals surface area contributed by atoms with Crippen molar-refractivity contribution in [3.8, 4) is 0 Å². The summed E-state index contributed by atoms with van der Waals surface area (Å²) < 4.78 is 18.5. The molecule has 1 saturated heterocycles. The second-order valence-electron chi connectivity index (χ2n) is 5.14. The summed E-state index contributed by atoms with van der Waals surface area (Å²) >= 11 is 0. The third kappa shape index (κ3) is 4.20. The lowest BCUT2D eigenvalue weighted by Gasteiger charge is -2.23. The first kappa shape index (κ1) is 14.8. The molecule has 0 spiro atoms. The first-order valence-electron chi connectivity index (χ1n) is 6.93. The van der Waals surface area contributed by atoms with Gasteiger partial charge >= 0.3 is 0 Å². The van der Waals surface area contributed by atoms with E-state index in [0.717, 1.165) is 37.7 Å². The van der Waals surface area contributed by atoms with Gasteiger partial charge < -0.3 is 15.0 Å². The number of ether oxygens (including phenoxy) is 1. The maximum absolute atomic E-state index is 13.2. The molecule has 4 nitrogen and oxygen atoms in total. The van der Waals surface area contributed by atoms with Crippen LogP contribution in [0.25, 0.3) is 0 Å². The zero-order valence-corrected chi connectivity index (χ0v) is 12.1. The van der Waals surface area contributed by atoms with Crippen LogP contribution >= 0.6 is 0 Å². The normalized spacial score (nSPS) is 19.1. The number of hydrogen-bond acceptors (Lipinski definition) is 2. The highest BCUT2D eigenvalue weighted by Gasteiger charge is 2.16. The summed E-state index contributed by atoms with van der Waals surface area (Å²) in [5, 5.41) is 3.35. The molecule has 1 unspecified atom stereocenters. The van der Waals surface area contributed by atoms with Gasteiger partial charge in [-0.05, 0) is 24.1 Å². The smallest absolute Gasteiger partial charge is 0.193 e. The Hall–Kier alpha value is -1.62. The number of nitrogens with one attached hydrogen (secondary N) is 1. The van der Waals surface area contributed by atoms with Gasteiger partial charge in [0.1, 0.15) is 5.82 Å². The van der Waals surface area contributed by atoms with Crippen molar-refractivity contribution in [2.45, 2.75) is 13.0 Å². The van der Waals surface area contributed by atoms with Crippen molar-refractivity contribution in [2.75, 3.05) is 33.9 Å². The van der Waals surface area contributed by atoms with Crippen molar-refractivity contribution in [3.05, 3.63) is 35.6 Å². The predicted molar refractivity (Wildman–Crippen MR) is 78.2 cm³/mol. The molecule has 0 aliphatic carbocycles. The molecule has 2 rings (SSSR count). The van der Waals surface area contributed by atoms with Crippen LogP contribution in [0.5, 0.6) is 0 Å². The van der Waals surface area contributed by atoms with Crippen LogP contribution in [0.3, 0.4) is 0 Å². The molecule has 0 aromatic heterocycles. The predicted octanol–water partition coefficient (Wildman–Crippen LogP) is 1.87. The van der Waals surface area contributed by atoms with Crippen LogP contribution in [-0.4, -0.2) is 44.7 Å². The molecule has 1 fully saturated rings. The zero-order chi connectivity index (χ0) is 14.4. The lowest BCUT2D eigenvalue weighted by atomic mass is 10.1. The average Bonchev–Trinajstić information content (AvgIpc) is 2.92. The molecule has 0 saturated carbocycles. The SMILES string of the molecule is CN=C(NCC1CCOC1)N(C)Cc1cccc(F)c1. The summed E-state index contributed by atoms with van der Waals surface area (Å²) in [7, 11) is 3.71. The fraction of sp³-hybridized carbons (Fsp3) is 0.533. The zero-order valence-electron chi connectivity index (χ0n) is 12.1. The number of hydrogen-bond donors (Lipinski definition) is 1. The van der Waals surface area contributed by atoms with Gasteiger partial charge in [-0.1, -0.05) is 12.1 Å². The summed E-state index contributed by atoms with van der Waals surface area (Å²) in [6.45, 7) is 3.15. The summed E-state index contributed by atoms with van der Waals surface area (Å²) in [4.78, 5) is 6.26. The Labute approximate surface area is 119 Å². The molecule has 0 radical (unpaired) electrons. The standard InChI is InChI=1S/C15H22FN3O/c1-17-15(18-9-13-6-7-20-11-13)19(2)10-12-4-3-5-14(16)8-12/h3-5,8,13H,6-7,9-11H2,1-2H3,(H,17,18). The molecular weight excluding hydrogens is 257 g/mol. The minimum Gasteiger partial charge on any atom is -0.381 e. The van der Waals surface area contributed by atoms with E-state index in [1.54, 1.807) is 19.2 Å². The molecule has 1 N–H and O–H groups in total. The van der Waals surface area contributed by atoms with Gasteiger partial charge in [0.25, 0.3) is 0 Å². The van der Waals surface area contributed by atoms with E-state index in [1.165, 1.54) is 6.07 Å². The number of halogens is 1. The molecule has 1 aliphatic heterocycles. The topological polar surface area (TPSA) is 36.9 Å². The number of nitrogens with zero attached hydrogens (tertiary/aromatic N) is 2. The largest absolute Gasteiger partial charge is 0.381 e. The van der Waals surface area contributed by atoms with Gasteiger partial charge in [0.2, 0.25) is 0 Å². The lowest BCUT2D eigenvalue weighted by molar-refractivity contribution is 0.186.